The monoisotopic (exact) mass is 296 g/mol. The first-order chi connectivity index (χ1) is 9.81. The molecule has 0 aromatic heterocycles. The molecule has 0 saturated carbocycles. The lowest BCUT2D eigenvalue weighted by Crippen LogP contribution is -2.36. The Hall–Kier alpha value is -2.64. The van der Waals surface area contributed by atoms with Crippen LogP contribution in [0.2, 0.25) is 0 Å². The number of carboxylic acids is 1. The van der Waals surface area contributed by atoms with E-state index in [4.69, 9.17) is 9.84 Å². The minimum atomic E-state index is -0.991. The number of benzene rings is 1. The van der Waals surface area contributed by atoms with Gasteiger partial charge in [-0.15, -0.1) is 0 Å². The fourth-order valence-electron chi connectivity index (χ4n) is 1.53. The minimum absolute atomic E-state index is 0.0620. The third-order valence-electron chi connectivity index (χ3n) is 2.79. The highest BCUT2D eigenvalue weighted by Gasteiger charge is 2.18. The third kappa shape index (κ3) is 5.09. The Bertz CT molecular complexity index is 545. The van der Waals surface area contributed by atoms with Crippen molar-refractivity contribution in [2.24, 2.45) is 5.92 Å². The van der Waals surface area contributed by atoms with Gasteiger partial charge in [0.15, 0.2) is 6.61 Å². The van der Waals surface area contributed by atoms with Gasteiger partial charge in [-0.1, -0.05) is 13.0 Å². The summed E-state index contributed by atoms with van der Waals surface area (Å²) in [5.41, 5.74) is -0.132. The second kappa shape index (κ2) is 7.22. The number of carbonyl (C=O) groups is 2. The van der Waals surface area contributed by atoms with Gasteiger partial charge in [-0.2, -0.15) is 0 Å². The molecule has 21 heavy (non-hydrogen) atoms. The van der Waals surface area contributed by atoms with Crippen molar-refractivity contribution >= 4 is 17.6 Å². The number of carbonyl (C=O) groups excluding carboxylic acids is 1. The zero-order chi connectivity index (χ0) is 16.0. The number of carboxylic acid groups (broad SMARTS) is 1. The summed E-state index contributed by atoms with van der Waals surface area (Å²) in [7, 11) is 1.47. The highest BCUT2D eigenvalue weighted by atomic mass is 16.6. The van der Waals surface area contributed by atoms with E-state index in [9.17, 15) is 19.7 Å². The number of nitrogens with zero attached hydrogens (tertiary/aromatic N) is 2. The fraction of sp³-hybridized carbons (Fsp3) is 0.385. The summed E-state index contributed by atoms with van der Waals surface area (Å²) in [6.45, 7) is 1.24. The number of amides is 1. The van der Waals surface area contributed by atoms with Gasteiger partial charge in [-0.25, -0.2) is 0 Å². The van der Waals surface area contributed by atoms with E-state index in [1.165, 1.54) is 43.1 Å². The molecule has 0 aliphatic heterocycles. The molecular formula is C13H16N2O6. The van der Waals surface area contributed by atoms with Gasteiger partial charge in [0.05, 0.1) is 16.9 Å². The lowest BCUT2D eigenvalue weighted by Gasteiger charge is -2.19. The van der Waals surface area contributed by atoms with Crippen molar-refractivity contribution in [3.8, 4) is 5.75 Å². The number of nitro benzene ring substituents is 1. The van der Waals surface area contributed by atoms with Crippen molar-refractivity contribution in [1.82, 2.24) is 4.90 Å². The van der Waals surface area contributed by atoms with E-state index in [-0.39, 0.29) is 24.6 Å². The van der Waals surface area contributed by atoms with Crippen LogP contribution in [-0.2, 0) is 9.59 Å². The zero-order valence-corrected chi connectivity index (χ0v) is 11.7. The first-order valence-corrected chi connectivity index (χ1v) is 6.15. The quantitative estimate of drug-likeness (QED) is 0.597. The molecule has 0 spiro atoms. The molecule has 1 amide bonds. The summed E-state index contributed by atoms with van der Waals surface area (Å²) in [6.07, 6.45) is 0. The molecule has 0 fully saturated rings. The molecule has 1 atom stereocenters. The number of likely N-dealkylation sites (N-methyl/N-ethyl adjacent to an activating group) is 1. The molecule has 0 heterocycles. The lowest BCUT2D eigenvalue weighted by atomic mass is 10.2. The molecule has 1 aromatic carbocycles. The Labute approximate surface area is 121 Å². The molecule has 8 heteroatoms. The van der Waals surface area contributed by atoms with Gasteiger partial charge in [0.1, 0.15) is 5.75 Å². The average molecular weight is 296 g/mol. The van der Waals surface area contributed by atoms with Crippen LogP contribution in [0.5, 0.6) is 5.75 Å². The Morgan fingerprint density at radius 2 is 2.14 bits per heavy atom. The van der Waals surface area contributed by atoms with Crippen molar-refractivity contribution in [2.45, 2.75) is 6.92 Å². The molecule has 0 aliphatic carbocycles. The molecule has 0 saturated heterocycles. The van der Waals surface area contributed by atoms with Crippen molar-refractivity contribution in [1.29, 1.82) is 0 Å². The zero-order valence-electron chi connectivity index (χ0n) is 11.7. The first kappa shape index (κ1) is 16.4. The van der Waals surface area contributed by atoms with Crippen molar-refractivity contribution in [2.75, 3.05) is 20.2 Å². The summed E-state index contributed by atoms with van der Waals surface area (Å²) in [5, 5.41) is 19.4. The van der Waals surface area contributed by atoms with Crippen LogP contribution in [-0.4, -0.2) is 47.0 Å². The summed E-state index contributed by atoms with van der Waals surface area (Å²) < 4.78 is 5.18. The number of non-ortho nitro benzene ring substituents is 1. The number of hydrogen-bond acceptors (Lipinski definition) is 5. The van der Waals surface area contributed by atoms with E-state index in [1.54, 1.807) is 0 Å². The minimum Gasteiger partial charge on any atom is -0.484 e. The van der Waals surface area contributed by atoms with E-state index in [0.717, 1.165) is 0 Å². The molecule has 0 aliphatic rings. The van der Waals surface area contributed by atoms with Crippen LogP contribution in [0.4, 0.5) is 5.69 Å². The lowest BCUT2D eigenvalue weighted by molar-refractivity contribution is -0.384. The van der Waals surface area contributed by atoms with Gasteiger partial charge in [-0.3, -0.25) is 19.7 Å². The number of hydrogen-bond donors (Lipinski definition) is 1. The van der Waals surface area contributed by atoms with Crippen LogP contribution < -0.4 is 4.74 Å². The van der Waals surface area contributed by atoms with Crippen LogP contribution in [0.1, 0.15) is 6.92 Å². The van der Waals surface area contributed by atoms with E-state index in [1.807, 2.05) is 0 Å². The molecular weight excluding hydrogens is 280 g/mol. The number of nitro groups is 1. The van der Waals surface area contributed by atoms with Crippen molar-refractivity contribution in [3.63, 3.8) is 0 Å². The SMILES string of the molecule is CC(CN(C)C(=O)COc1cccc([N+](=O)[O-])c1)C(=O)O. The largest absolute Gasteiger partial charge is 0.484 e. The summed E-state index contributed by atoms with van der Waals surface area (Å²) in [6, 6.07) is 5.48. The molecule has 0 bridgehead atoms. The second-order valence-corrected chi connectivity index (χ2v) is 4.56. The third-order valence-corrected chi connectivity index (χ3v) is 2.79. The first-order valence-electron chi connectivity index (χ1n) is 6.15. The van der Waals surface area contributed by atoms with Gasteiger partial charge in [0.2, 0.25) is 0 Å². The predicted octanol–water partition coefficient (Wildman–Crippen LogP) is 1.15. The Morgan fingerprint density at radius 3 is 2.71 bits per heavy atom. The van der Waals surface area contributed by atoms with Gasteiger partial charge in [0.25, 0.3) is 11.6 Å². The summed E-state index contributed by atoms with van der Waals surface area (Å²) in [4.78, 5) is 33.8. The Balaban J connectivity index is 2.54. The van der Waals surface area contributed by atoms with Gasteiger partial charge in [0, 0.05) is 19.7 Å². The van der Waals surface area contributed by atoms with Crippen LogP contribution >= 0.6 is 0 Å². The van der Waals surface area contributed by atoms with Gasteiger partial charge >= 0.3 is 5.97 Å². The summed E-state index contributed by atoms with van der Waals surface area (Å²) in [5.74, 6) is -1.88. The number of rotatable bonds is 7. The highest BCUT2D eigenvalue weighted by Crippen LogP contribution is 2.19. The standard InChI is InChI=1S/C13H16N2O6/c1-9(13(17)18)7-14(2)12(16)8-21-11-5-3-4-10(6-11)15(19)20/h3-6,9H,7-8H2,1-2H3,(H,17,18). The topological polar surface area (TPSA) is 110 Å². The van der Waals surface area contributed by atoms with E-state index in [0.29, 0.717) is 0 Å². The van der Waals surface area contributed by atoms with Crippen LogP contribution in [0.3, 0.4) is 0 Å². The van der Waals surface area contributed by atoms with Crippen molar-refractivity contribution < 1.29 is 24.4 Å². The second-order valence-electron chi connectivity index (χ2n) is 4.56. The van der Waals surface area contributed by atoms with E-state index in [2.05, 4.69) is 0 Å². The predicted molar refractivity (Wildman–Crippen MR) is 73.0 cm³/mol. The average Bonchev–Trinajstić information content (AvgIpc) is 2.44. The van der Waals surface area contributed by atoms with Gasteiger partial charge < -0.3 is 14.7 Å². The molecule has 1 rings (SSSR count). The maximum Gasteiger partial charge on any atom is 0.308 e. The number of ether oxygens (including phenoxy) is 1. The summed E-state index contributed by atoms with van der Waals surface area (Å²) >= 11 is 0. The highest BCUT2D eigenvalue weighted by molar-refractivity contribution is 5.78. The van der Waals surface area contributed by atoms with Gasteiger partial charge in [-0.05, 0) is 6.07 Å². The van der Waals surface area contributed by atoms with E-state index < -0.39 is 22.7 Å². The molecule has 8 nitrogen and oxygen atoms in total. The molecule has 114 valence electrons. The van der Waals surface area contributed by atoms with Crippen LogP contribution in [0.15, 0.2) is 24.3 Å². The molecule has 1 aromatic rings. The molecule has 0 radical (unpaired) electrons. The number of aliphatic carboxylic acids is 1. The normalized spacial score (nSPS) is 11.5. The molecule has 1 N–H and O–H groups in total. The maximum absolute atomic E-state index is 11.8. The smallest absolute Gasteiger partial charge is 0.308 e. The Kier molecular flexibility index (Phi) is 5.65. The van der Waals surface area contributed by atoms with Crippen LogP contribution in [0, 0.1) is 16.0 Å². The maximum atomic E-state index is 11.8. The van der Waals surface area contributed by atoms with Crippen molar-refractivity contribution in [3.05, 3.63) is 34.4 Å². The fourth-order valence-corrected chi connectivity index (χ4v) is 1.53. The molecule has 1 unspecified atom stereocenters. The Morgan fingerprint density at radius 1 is 1.48 bits per heavy atom. The van der Waals surface area contributed by atoms with E-state index >= 15 is 0 Å². The van der Waals surface area contributed by atoms with Crippen LogP contribution in [0.25, 0.3) is 0 Å².